The van der Waals surface area contributed by atoms with Crippen LogP contribution in [0.15, 0.2) is 42.0 Å². The van der Waals surface area contributed by atoms with Gasteiger partial charge < -0.3 is 29.9 Å². The van der Waals surface area contributed by atoms with Crippen molar-refractivity contribution in [2.75, 3.05) is 19.8 Å². The maximum Gasteiger partial charge on any atom is 0.407 e. The zero-order valence-corrected chi connectivity index (χ0v) is 35.8. The lowest BCUT2D eigenvalue weighted by Gasteiger charge is -2.58. The average molecular weight is 787 g/mol. The molecular formula is C44H71N2O6PS. The molecule has 0 radical (unpaired) electrons. The summed E-state index contributed by atoms with van der Waals surface area (Å²) in [5.74, 6) is 4.69. The number of hydrogen-bond donors (Lipinski definition) is 4. The molecule has 0 aromatic heterocycles. The third kappa shape index (κ3) is 10.8. The minimum absolute atomic E-state index is 0.0735. The summed E-state index contributed by atoms with van der Waals surface area (Å²) in [6.07, 6.45) is 17.5. The molecule has 8 nitrogen and oxygen atoms in total. The standard InChI is InChI=1S/C44H71N2O6PS/c1-30(2)14-13-15-31(3)36-21-22-37-35-20-19-33-28-34(23-25-43(33,4)38(35)24-26-44(36,37)5)51-42(49)45-27-12-8-11-18-40(48)46-39(29-47)41(52-53(6,50)54)32-16-9-7-10-17-32/h7,9-10,16-17,19,30-31,34-39,41,47H,8,11-15,18,20-29H2,1-6H3,(H,45,49)(H,46,48)(H,50,54). The molecular weight excluding hydrogens is 716 g/mol. The first-order valence-corrected chi connectivity index (χ1v) is 24.3. The Bertz CT molecular complexity index is 1470. The second-order valence-corrected chi connectivity index (χ2v) is 22.2. The summed E-state index contributed by atoms with van der Waals surface area (Å²) < 4.78 is 11.7. The van der Waals surface area contributed by atoms with Crippen LogP contribution in [0, 0.1) is 46.3 Å². The number of carbonyl (C=O) groups is 2. The van der Waals surface area contributed by atoms with Gasteiger partial charge in [0.05, 0.1) is 12.6 Å². The molecule has 54 heavy (non-hydrogen) atoms. The van der Waals surface area contributed by atoms with Gasteiger partial charge in [-0.1, -0.05) is 102 Å². The number of nitrogens with one attached hydrogen (secondary N) is 2. The van der Waals surface area contributed by atoms with Crippen LogP contribution in [-0.2, 0) is 25.9 Å². The van der Waals surface area contributed by atoms with Crippen molar-refractivity contribution in [3.63, 3.8) is 0 Å². The van der Waals surface area contributed by atoms with Gasteiger partial charge in [0.2, 0.25) is 5.91 Å². The molecule has 11 unspecified atom stereocenters. The quantitative estimate of drug-likeness (QED) is 0.0665. The Kier molecular flexibility index (Phi) is 15.3. The smallest absolute Gasteiger partial charge is 0.407 e. The van der Waals surface area contributed by atoms with Crippen LogP contribution in [0.25, 0.3) is 0 Å². The highest BCUT2D eigenvalue weighted by Crippen LogP contribution is 2.67. The van der Waals surface area contributed by atoms with Crippen LogP contribution in [0.5, 0.6) is 0 Å². The molecule has 11 atom stereocenters. The number of benzene rings is 1. The topological polar surface area (TPSA) is 117 Å². The first kappa shape index (κ1) is 43.4. The molecule has 0 saturated heterocycles. The molecule has 0 aliphatic heterocycles. The Morgan fingerprint density at radius 3 is 2.44 bits per heavy atom. The number of aliphatic hydroxyl groups excluding tert-OH is 1. The molecule has 304 valence electrons. The van der Waals surface area contributed by atoms with Crippen LogP contribution in [0.4, 0.5) is 4.79 Å². The summed E-state index contributed by atoms with van der Waals surface area (Å²) in [5.41, 5.74) is 2.98. The van der Waals surface area contributed by atoms with Gasteiger partial charge in [-0.2, -0.15) is 0 Å². The number of unbranched alkanes of at least 4 members (excludes halogenated alkanes) is 2. The highest BCUT2D eigenvalue weighted by Gasteiger charge is 2.59. The first-order valence-electron chi connectivity index (χ1n) is 21.2. The van der Waals surface area contributed by atoms with Gasteiger partial charge >= 0.3 is 6.09 Å². The molecule has 1 aromatic rings. The summed E-state index contributed by atoms with van der Waals surface area (Å²) in [6, 6.07) is 8.42. The van der Waals surface area contributed by atoms with Gasteiger partial charge in [0.15, 0.2) is 6.49 Å². The van der Waals surface area contributed by atoms with E-state index < -0.39 is 18.6 Å². The van der Waals surface area contributed by atoms with Crippen LogP contribution >= 0.6 is 6.49 Å². The Balaban J connectivity index is 1.02. The Morgan fingerprint density at radius 2 is 1.74 bits per heavy atom. The monoisotopic (exact) mass is 786 g/mol. The Hall–Kier alpha value is -1.77. The van der Waals surface area contributed by atoms with E-state index >= 15 is 0 Å². The van der Waals surface area contributed by atoms with Crippen LogP contribution in [0.1, 0.15) is 143 Å². The number of aliphatic hydroxyl groups is 1. The van der Waals surface area contributed by atoms with Crippen molar-refractivity contribution in [2.24, 2.45) is 46.3 Å². The molecule has 4 aliphatic carbocycles. The predicted octanol–water partition coefficient (Wildman–Crippen LogP) is 9.85. The Morgan fingerprint density at radius 1 is 0.981 bits per heavy atom. The maximum absolute atomic E-state index is 12.8. The fraction of sp³-hybridized carbons (Fsp3) is 0.773. The molecule has 1 aromatic carbocycles. The van der Waals surface area contributed by atoms with Crippen LogP contribution in [-0.4, -0.2) is 54.0 Å². The summed E-state index contributed by atoms with van der Waals surface area (Å²) >= 11 is 5.11. The number of ether oxygens (including phenoxy) is 1. The molecule has 10 heteroatoms. The minimum atomic E-state index is -3.06. The summed E-state index contributed by atoms with van der Waals surface area (Å²) in [4.78, 5) is 35.8. The van der Waals surface area contributed by atoms with Gasteiger partial charge in [-0.15, -0.1) is 0 Å². The first-order chi connectivity index (χ1) is 25.6. The van der Waals surface area contributed by atoms with Gasteiger partial charge in [-0.3, -0.25) is 4.79 Å². The zero-order valence-electron chi connectivity index (χ0n) is 34.1. The van der Waals surface area contributed by atoms with E-state index in [-0.39, 0.29) is 36.5 Å². The van der Waals surface area contributed by atoms with Crippen molar-refractivity contribution < 1.29 is 28.8 Å². The van der Waals surface area contributed by atoms with Crippen LogP contribution in [0.2, 0.25) is 0 Å². The van der Waals surface area contributed by atoms with Gasteiger partial charge in [-0.05, 0) is 121 Å². The summed E-state index contributed by atoms with van der Waals surface area (Å²) in [5, 5.41) is 15.9. The van der Waals surface area contributed by atoms with E-state index in [1.165, 1.54) is 63.6 Å². The third-order valence-corrected chi connectivity index (χ3v) is 15.1. The molecule has 5 rings (SSSR count). The van der Waals surface area contributed by atoms with Crippen molar-refractivity contribution in [1.29, 1.82) is 0 Å². The third-order valence-electron chi connectivity index (χ3n) is 14.2. The lowest BCUT2D eigenvalue weighted by Crippen LogP contribution is -2.51. The number of rotatable bonds is 18. The van der Waals surface area contributed by atoms with E-state index in [9.17, 15) is 19.6 Å². The van der Waals surface area contributed by atoms with Gasteiger partial charge in [0, 0.05) is 26.1 Å². The molecule has 4 N–H and O–H groups in total. The van der Waals surface area contributed by atoms with E-state index in [0.717, 1.165) is 73.2 Å². The van der Waals surface area contributed by atoms with Crippen molar-refractivity contribution in [1.82, 2.24) is 10.6 Å². The molecule has 2 amide bonds. The summed E-state index contributed by atoms with van der Waals surface area (Å²) in [7, 11) is 0. The van der Waals surface area contributed by atoms with Crippen LogP contribution < -0.4 is 10.6 Å². The van der Waals surface area contributed by atoms with E-state index in [2.05, 4.69) is 51.3 Å². The summed E-state index contributed by atoms with van der Waals surface area (Å²) in [6.45, 7) is 11.0. The molecule has 0 spiro atoms. The second kappa shape index (κ2) is 19.1. The number of hydrogen-bond acceptors (Lipinski definition) is 6. The van der Waals surface area contributed by atoms with Crippen LogP contribution in [0.3, 0.4) is 0 Å². The van der Waals surface area contributed by atoms with E-state index in [4.69, 9.17) is 21.1 Å². The Labute approximate surface area is 331 Å². The second-order valence-electron chi connectivity index (χ2n) is 18.4. The fourth-order valence-corrected chi connectivity index (χ4v) is 12.4. The van der Waals surface area contributed by atoms with E-state index in [1.54, 1.807) is 0 Å². The number of carbonyl (C=O) groups excluding carboxylic acids is 2. The van der Waals surface area contributed by atoms with E-state index in [0.29, 0.717) is 18.4 Å². The lowest BCUT2D eigenvalue weighted by molar-refractivity contribution is -0.123. The minimum Gasteiger partial charge on any atom is -0.446 e. The average Bonchev–Trinajstić information content (AvgIpc) is 3.48. The number of fused-ring (bicyclic) bond motifs is 5. The fourth-order valence-electron chi connectivity index (χ4n) is 11.4. The van der Waals surface area contributed by atoms with Gasteiger partial charge in [0.1, 0.15) is 12.2 Å². The van der Waals surface area contributed by atoms with Crippen molar-refractivity contribution >= 4 is 30.3 Å². The zero-order chi connectivity index (χ0) is 39.1. The largest absolute Gasteiger partial charge is 0.446 e. The molecule has 0 heterocycles. The normalized spacial score (nSPS) is 31.9. The SMILES string of the molecule is CC(C)CCCC(C)C1CCC2C3CC=C4CC(OC(=O)NCCCCCC(=O)NC(CO)C(OP(C)(O)=S)c5ccccc5)CCC4(C)C3CCC12C. The molecule has 4 aliphatic rings. The van der Waals surface area contributed by atoms with Gasteiger partial charge in [-0.25, -0.2) is 4.79 Å². The number of alkyl carbamates (subject to hydrolysis) is 1. The molecule has 0 bridgehead atoms. The number of allylic oxidation sites excluding steroid dienone is 1. The van der Waals surface area contributed by atoms with Crippen molar-refractivity contribution in [3.8, 4) is 0 Å². The number of amides is 2. The molecule has 3 fully saturated rings. The lowest BCUT2D eigenvalue weighted by atomic mass is 9.47. The maximum atomic E-state index is 12.8. The highest BCUT2D eigenvalue weighted by molar-refractivity contribution is 8.09. The van der Waals surface area contributed by atoms with Gasteiger partial charge in [0.25, 0.3) is 0 Å². The van der Waals surface area contributed by atoms with Crippen molar-refractivity contribution in [2.45, 2.75) is 149 Å². The molecule has 3 saturated carbocycles. The predicted molar refractivity (Wildman–Crippen MR) is 221 cm³/mol. The highest BCUT2D eigenvalue weighted by atomic mass is 32.5. The van der Waals surface area contributed by atoms with Crippen molar-refractivity contribution in [3.05, 3.63) is 47.5 Å². The van der Waals surface area contributed by atoms with E-state index in [1.807, 2.05) is 30.3 Å².